The summed E-state index contributed by atoms with van der Waals surface area (Å²) in [5.74, 6) is -0.682. The highest BCUT2D eigenvalue weighted by molar-refractivity contribution is 6.18. The van der Waals surface area contributed by atoms with E-state index in [0.29, 0.717) is 0 Å². The maximum absolute atomic E-state index is 10.8. The summed E-state index contributed by atoms with van der Waals surface area (Å²) in [5, 5.41) is 2.07. The van der Waals surface area contributed by atoms with Crippen molar-refractivity contribution in [3.63, 3.8) is 0 Å². The number of carbonyl (C=O) groups is 2. The van der Waals surface area contributed by atoms with Crippen LogP contribution in [0.3, 0.4) is 0 Å². The molecule has 0 saturated heterocycles. The van der Waals surface area contributed by atoms with E-state index in [1.54, 1.807) is 0 Å². The predicted molar refractivity (Wildman–Crippen MR) is 37.4 cm³/mol. The summed E-state index contributed by atoms with van der Waals surface area (Å²) < 4.78 is 4.68. The fourth-order valence-electron chi connectivity index (χ4n) is 0.729. The molecule has 0 saturated carbocycles. The van der Waals surface area contributed by atoms with E-state index in [1.807, 2.05) is 0 Å². The number of imide groups is 1. The van der Waals surface area contributed by atoms with Crippen LogP contribution in [0.25, 0.3) is 0 Å². The largest absolute Gasteiger partial charge is 0.497 e. The van der Waals surface area contributed by atoms with Gasteiger partial charge in [0.1, 0.15) is 5.76 Å². The highest BCUT2D eigenvalue weighted by Crippen LogP contribution is 2.11. The smallest absolute Gasteiger partial charge is 0.262 e. The Morgan fingerprint density at radius 2 is 2.27 bits per heavy atom. The number of carbonyl (C=O) groups excluding carboxylic acids is 2. The molecule has 0 aromatic carbocycles. The van der Waals surface area contributed by atoms with Crippen molar-refractivity contribution in [3.05, 3.63) is 24.0 Å². The Bertz CT molecular complexity index is 265. The van der Waals surface area contributed by atoms with Crippen molar-refractivity contribution in [1.82, 2.24) is 5.32 Å². The molecule has 1 aliphatic rings. The zero-order valence-corrected chi connectivity index (χ0v) is 6.01. The van der Waals surface area contributed by atoms with Gasteiger partial charge in [-0.15, -0.1) is 0 Å². The number of rotatable bonds is 2. The minimum atomic E-state index is -0.457. The van der Waals surface area contributed by atoms with E-state index < -0.39 is 11.8 Å². The number of hydrogen-bond acceptors (Lipinski definition) is 3. The first kappa shape index (κ1) is 7.53. The van der Waals surface area contributed by atoms with Crippen molar-refractivity contribution in [1.29, 1.82) is 0 Å². The van der Waals surface area contributed by atoms with E-state index in [9.17, 15) is 9.59 Å². The Kier molecular flexibility index (Phi) is 1.76. The molecule has 0 atom stereocenters. The fourth-order valence-corrected chi connectivity index (χ4v) is 0.729. The summed E-state index contributed by atoms with van der Waals surface area (Å²) in [7, 11) is 1.39. The van der Waals surface area contributed by atoms with Crippen LogP contribution in [0.2, 0.25) is 0 Å². The molecule has 2 amide bonds. The van der Waals surface area contributed by atoms with Gasteiger partial charge in [0.15, 0.2) is 0 Å². The van der Waals surface area contributed by atoms with Crippen molar-refractivity contribution in [2.24, 2.45) is 0 Å². The lowest BCUT2D eigenvalue weighted by molar-refractivity contribution is -0.123. The topological polar surface area (TPSA) is 55.4 Å². The Hall–Kier alpha value is -1.58. The zero-order chi connectivity index (χ0) is 8.43. The lowest BCUT2D eigenvalue weighted by Crippen LogP contribution is -2.22. The molecular formula is C7H7NO3. The lowest BCUT2D eigenvalue weighted by atomic mass is 10.2. The average molecular weight is 153 g/mol. The Labute approximate surface area is 63.5 Å². The molecule has 0 aromatic heterocycles. The molecule has 0 fully saturated rings. The first-order valence-corrected chi connectivity index (χ1v) is 2.95. The van der Waals surface area contributed by atoms with Gasteiger partial charge in [-0.05, 0) is 0 Å². The fraction of sp³-hybridized carbons (Fsp3) is 0.143. The molecule has 0 aromatic rings. The SMILES string of the molecule is C=C(OC)C1=CC(=O)NC1=O. The molecule has 0 bridgehead atoms. The third kappa shape index (κ3) is 1.29. The standard InChI is InChI=1S/C7H7NO3/c1-4(11-2)5-3-6(9)8-7(5)10/h3H,1H2,2H3,(H,8,9,10). The number of nitrogens with one attached hydrogen (secondary N) is 1. The zero-order valence-electron chi connectivity index (χ0n) is 6.01. The quantitative estimate of drug-likeness (QED) is 0.439. The van der Waals surface area contributed by atoms with Gasteiger partial charge in [-0.3, -0.25) is 14.9 Å². The summed E-state index contributed by atoms with van der Waals surface area (Å²) in [6.45, 7) is 3.44. The first-order chi connectivity index (χ1) is 5.15. The number of ether oxygens (including phenoxy) is 1. The van der Waals surface area contributed by atoms with E-state index in [2.05, 4.69) is 16.6 Å². The van der Waals surface area contributed by atoms with Crippen molar-refractivity contribution in [3.8, 4) is 0 Å². The minimum absolute atomic E-state index is 0.192. The van der Waals surface area contributed by atoms with Crippen LogP contribution < -0.4 is 5.32 Å². The number of hydrogen-bond donors (Lipinski definition) is 1. The second kappa shape index (κ2) is 2.57. The predicted octanol–water partition coefficient (Wildman–Crippen LogP) is -0.271. The molecule has 1 rings (SSSR count). The van der Waals surface area contributed by atoms with Gasteiger partial charge in [0.05, 0.1) is 12.7 Å². The Balaban J connectivity index is 2.88. The van der Waals surface area contributed by atoms with E-state index in [0.717, 1.165) is 6.08 Å². The molecule has 58 valence electrons. The van der Waals surface area contributed by atoms with Gasteiger partial charge in [0, 0.05) is 6.08 Å². The van der Waals surface area contributed by atoms with Gasteiger partial charge in [0.2, 0.25) is 0 Å². The minimum Gasteiger partial charge on any atom is -0.497 e. The number of amides is 2. The van der Waals surface area contributed by atoms with E-state index in [4.69, 9.17) is 0 Å². The highest BCUT2D eigenvalue weighted by Gasteiger charge is 2.23. The third-order valence-corrected chi connectivity index (χ3v) is 1.30. The monoisotopic (exact) mass is 153 g/mol. The van der Waals surface area contributed by atoms with Crippen LogP contribution >= 0.6 is 0 Å². The molecule has 1 N–H and O–H groups in total. The van der Waals surface area contributed by atoms with E-state index >= 15 is 0 Å². The maximum atomic E-state index is 10.8. The third-order valence-electron chi connectivity index (χ3n) is 1.30. The van der Waals surface area contributed by atoms with E-state index in [-0.39, 0.29) is 11.3 Å². The molecule has 0 aliphatic carbocycles. The molecular weight excluding hydrogens is 146 g/mol. The summed E-state index contributed by atoms with van der Waals surface area (Å²) in [4.78, 5) is 21.4. The summed E-state index contributed by atoms with van der Waals surface area (Å²) in [6.07, 6.45) is 1.16. The van der Waals surface area contributed by atoms with Crippen LogP contribution in [0.1, 0.15) is 0 Å². The van der Waals surface area contributed by atoms with Crippen molar-refractivity contribution in [2.75, 3.05) is 7.11 Å². The number of methoxy groups -OCH3 is 1. The average Bonchev–Trinajstić information content (AvgIpc) is 2.28. The van der Waals surface area contributed by atoms with Crippen molar-refractivity contribution >= 4 is 11.8 Å². The highest BCUT2D eigenvalue weighted by atomic mass is 16.5. The van der Waals surface area contributed by atoms with Gasteiger partial charge < -0.3 is 4.74 Å². The van der Waals surface area contributed by atoms with Crippen LogP contribution in [-0.2, 0) is 14.3 Å². The van der Waals surface area contributed by atoms with Gasteiger partial charge in [-0.2, -0.15) is 0 Å². The molecule has 0 radical (unpaired) electrons. The van der Waals surface area contributed by atoms with Crippen LogP contribution in [0.15, 0.2) is 24.0 Å². The second-order valence-electron chi connectivity index (χ2n) is 2.00. The maximum Gasteiger partial charge on any atom is 0.262 e. The van der Waals surface area contributed by atoms with Crippen molar-refractivity contribution < 1.29 is 14.3 Å². The molecule has 0 spiro atoms. The van der Waals surface area contributed by atoms with Crippen LogP contribution in [0.5, 0.6) is 0 Å². The Morgan fingerprint density at radius 1 is 1.64 bits per heavy atom. The summed E-state index contributed by atoms with van der Waals surface area (Å²) in [6, 6.07) is 0. The first-order valence-electron chi connectivity index (χ1n) is 2.95. The lowest BCUT2D eigenvalue weighted by Gasteiger charge is -2.00. The van der Waals surface area contributed by atoms with Gasteiger partial charge >= 0.3 is 0 Å². The molecule has 11 heavy (non-hydrogen) atoms. The Morgan fingerprint density at radius 3 is 2.64 bits per heavy atom. The van der Waals surface area contributed by atoms with Crippen molar-refractivity contribution in [2.45, 2.75) is 0 Å². The van der Waals surface area contributed by atoms with Crippen LogP contribution in [0, 0.1) is 0 Å². The normalized spacial score (nSPS) is 15.9. The summed E-state index contributed by atoms with van der Waals surface area (Å²) in [5.41, 5.74) is 0.192. The van der Waals surface area contributed by atoms with Crippen LogP contribution in [-0.4, -0.2) is 18.9 Å². The second-order valence-corrected chi connectivity index (χ2v) is 2.00. The molecule has 4 nitrogen and oxygen atoms in total. The molecule has 1 aliphatic heterocycles. The summed E-state index contributed by atoms with van der Waals surface area (Å²) >= 11 is 0. The van der Waals surface area contributed by atoms with Gasteiger partial charge in [-0.1, -0.05) is 6.58 Å². The molecule has 1 heterocycles. The molecule has 0 unspecified atom stereocenters. The van der Waals surface area contributed by atoms with E-state index in [1.165, 1.54) is 7.11 Å². The van der Waals surface area contributed by atoms with Crippen LogP contribution in [0.4, 0.5) is 0 Å². The molecule has 4 heteroatoms. The van der Waals surface area contributed by atoms with Gasteiger partial charge in [-0.25, -0.2) is 0 Å². The van der Waals surface area contributed by atoms with Gasteiger partial charge in [0.25, 0.3) is 11.8 Å².